The predicted molar refractivity (Wildman–Crippen MR) is 146 cm³/mol. The second-order valence-electron chi connectivity index (χ2n) is 10.6. The molecule has 5 heterocycles. The molecule has 0 spiro atoms. The summed E-state index contributed by atoms with van der Waals surface area (Å²) in [4.78, 5) is 11.3. The van der Waals surface area contributed by atoms with Gasteiger partial charge in [0.05, 0.1) is 0 Å². The molecule has 208 valence electrons. The number of pyridine rings is 1. The molecule has 0 bridgehead atoms. The number of nitrogens with zero attached hydrogens (tertiary/aromatic N) is 8. The number of hydrogen-bond acceptors (Lipinski definition) is 7. The number of piperazine rings is 1. The van der Waals surface area contributed by atoms with Gasteiger partial charge in [0.25, 0.3) is 5.82 Å². The lowest BCUT2D eigenvalue weighted by molar-refractivity contribution is -0.147. The van der Waals surface area contributed by atoms with Crippen molar-refractivity contribution in [3.63, 3.8) is 0 Å². The first kappa shape index (κ1) is 26.3. The second-order valence-corrected chi connectivity index (χ2v) is 10.6. The number of halogens is 3. The first-order chi connectivity index (χ1) is 19.3. The molecule has 40 heavy (non-hydrogen) atoms. The van der Waals surface area contributed by atoms with Crippen molar-refractivity contribution in [3.05, 3.63) is 70.9 Å². The van der Waals surface area contributed by atoms with E-state index in [0.29, 0.717) is 24.6 Å². The van der Waals surface area contributed by atoms with E-state index in [-0.39, 0.29) is 5.82 Å². The van der Waals surface area contributed by atoms with E-state index in [1.807, 2.05) is 18.3 Å². The van der Waals surface area contributed by atoms with Gasteiger partial charge in [0.1, 0.15) is 11.7 Å². The van der Waals surface area contributed by atoms with E-state index in [9.17, 15) is 13.2 Å². The maximum Gasteiger partial charge on any atom is 0.453 e. The third-order valence-corrected chi connectivity index (χ3v) is 7.91. The normalized spacial score (nSPS) is 18.6. The van der Waals surface area contributed by atoms with Crippen LogP contribution in [0.4, 0.5) is 19.0 Å². The molecule has 0 amide bonds. The highest BCUT2D eigenvalue weighted by atomic mass is 19.4. The third kappa shape index (κ3) is 5.68. The van der Waals surface area contributed by atoms with Gasteiger partial charge in [-0.25, -0.2) is 4.98 Å². The van der Waals surface area contributed by atoms with Gasteiger partial charge >= 0.3 is 6.18 Å². The number of aromatic nitrogens is 4. The predicted octanol–water partition coefficient (Wildman–Crippen LogP) is 3.83. The monoisotopic (exact) mass is 548 g/mol. The van der Waals surface area contributed by atoms with Crippen molar-refractivity contribution in [2.75, 3.05) is 51.2 Å². The van der Waals surface area contributed by atoms with Gasteiger partial charge in [-0.15, -0.1) is 10.2 Å². The molecule has 0 aliphatic carbocycles. The molecule has 8 nitrogen and oxygen atoms in total. The summed E-state index contributed by atoms with van der Waals surface area (Å²) in [6.07, 6.45) is 0.0658. The van der Waals surface area contributed by atoms with Crippen LogP contribution >= 0.6 is 0 Å². The van der Waals surface area contributed by atoms with Crippen molar-refractivity contribution in [1.29, 1.82) is 0 Å². The number of amidine groups is 1. The Kier molecular flexibility index (Phi) is 7.19. The fraction of sp³-hybridized carbons (Fsp3) is 0.448. The zero-order chi connectivity index (χ0) is 27.7. The molecular weight excluding hydrogens is 517 g/mol. The summed E-state index contributed by atoms with van der Waals surface area (Å²) in [5, 5.41) is 11.2. The first-order valence-corrected chi connectivity index (χ1v) is 13.7. The fourth-order valence-corrected chi connectivity index (χ4v) is 5.50. The zero-order valence-corrected chi connectivity index (χ0v) is 22.4. The Balaban J connectivity index is 1.04. The first-order valence-electron chi connectivity index (χ1n) is 13.7. The number of likely N-dealkylation sites (tertiary alicyclic amines) is 1. The maximum absolute atomic E-state index is 13.2. The highest BCUT2D eigenvalue weighted by molar-refractivity contribution is 5.83. The van der Waals surface area contributed by atoms with Crippen molar-refractivity contribution >= 4 is 11.7 Å². The Morgan fingerprint density at radius 1 is 0.800 bits per heavy atom. The van der Waals surface area contributed by atoms with Crippen LogP contribution in [0.5, 0.6) is 0 Å². The smallest absolute Gasteiger partial charge is 0.359 e. The fourth-order valence-electron chi connectivity index (χ4n) is 5.50. The van der Waals surface area contributed by atoms with E-state index in [1.54, 1.807) is 0 Å². The molecule has 3 aliphatic heterocycles. The molecule has 3 aliphatic rings. The van der Waals surface area contributed by atoms with Crippen LogP contribution in [0.25, 0.3) is 0 Å². The molecule has 2 fully saturated rings. The van der Waals surface area contributed by atoms with E-state index in [2.05, 4.69) is 78.1 Å². The lowest BCUT2D eigenvalue weighted by atomic mass is 9.89. The minimum Gasteiger partial charge on any atom is -0.359 e. The number of fused-ring (bicyclic) bond motifs is 1. The van der Waals surface area contributed by atoms with Crippen molar-refractivity contribution in [1.82, 2.24) is 29.7 Å². The Bertz CT molecular complexity index is 1420. The Morgan fingerprint density at radius 3 is 2.17 bits per heavy atom. The minimum atomic E-state index is -4.58. The zero-order valence-electron chi connectivity index (χ0n) is 22.4. The van der Waals surface area contributed by atoms with Gasteiger partial charge in [-0.3, -0.25) is 0 Å². The number of piperidine rings is 1. The van der Waals surface area contributed by atoms with E-state index < -0.39 is 12.0 Å². The lowest BCUT2D eigenvalue weighted by Gasteiger charge is -2.35. The van der Waals surface area contributed by atoms with Crippen LogP contribution < -0.4 is 4.90 Å². The molecule has 2 aromatic heterocycles. The summed E-state index contributed by atoms with van der Waals surface area (Å²) >= 11 is 0. The average Bonchev–Trinajstić information content (AvgIpc) is 3.42. The van der Waals surface area contributed by atoms with Gasteiger partial charge < -0.3 is 14.7 Å². The standard InChI is InChI=1S/C29H31F3N8/c1-37-16-18-39(19-17-37)25-9-6-22(20-33-25)3-2-21-4-7-23(8-5-21)24-12-14-38(15-13-24)27-11-10-26-34-35-28(29(30,31)32)40(26)36-27/h4-9,20,24H,10-19H2,1H3. The molecule has 0 unspecified atom stereocenters. The SMILES string of the molecule is CN1CCN(c2ccc(C#Cc3ccc(C4CCN(C5=Nn6c(nnc6C(F)(F)F)CC5)CC4)cc3)cn2)CC1. The summed E-state index contributed by atoms with van der Waals surface area (Å²) in [5.41, 5.74) is 3.10. The number of anilines is 1. The van der Waals surface area contributed by atoms with Crippen LogP contribution in [0, 0.1) is 11.8 Å². The maximum atomic E-state index is 13.2. The highest BCUT2D eigenvalue weighted by Gasteiger charge is 2.40. The summed E-state index contributed by atoms with van der Waals surface area (Å²) < 4.78 is 40.6. The molecule has 0 atom stereocenters. The molecule has 3 aromatic rings. The average molecular weight is 549 g/mol. The summed E-state index contributed by atoms with van der Waals surface area (Å²) in [6.45, 7) is 5.57. The molecule has 0 saturated carbocycles. The Hall–Kier alpha value is -3.91. The van der Waals surface area contributed by atoms with Gasteiger partial charge in [0, 0.05) is 69.4 Å². The van der Waals surface area contributed by atoms with Crippen molar-refractivity contribution in [2.45, 2.75) is 37.8 Å². The topological polar surface area (TPSA) is 65.7 Å². The van der Waals surface area contributed by atoms with Crippen LogP contribution in [0.15, 0.2) is 47.7 Å². The Labute approximate surface area is 231 Å². The van der Waals surface area contributed by atoms with E-state index in [1.165, 1.54) is 5.56 Å². The van der Waals surface area contributed by atoms with Gasteiger partial charge in [0.2, 0.25) is 0 Å². The molecule has 11 heteroatoms. The molecular formula is C29H31F3N8. The van der Waals surface area contributed by atoms with Crippen LogP contribution in [0.1, 0.15) is 53.5 Å². The minimum absolute atomic E-state index is 0.257. The van der Waals surface area contributed by atoms with E-state index in [0.717, 1.165) is 73.7 Å². The molecule has 2 saturated heterocycles. The van der Waals surface area contributed by atoms with Crippen LogP contribution in [-0.4, -0.2) is 81.8 Å². The van der Waals surface area contributed by atoms with Crippen molar-refractivity contribution in [2.24, 2.45) is 5.10 Å². The highest BCUT2D eigenvalue weighted by Crippen LogP contribution is 2.32. The van der Waals surface area contributed by atoms with Crippen LogP contribution in [-0.2, 0) is 12.6 Å². The number of alkyl halides is 3. The van der Waals surface area contributed by atoms with E-state index in [4.69, 9.17) is 0 Å². The van der Waals surface area contributed by atoms with Crippen molar-refractivity contribution < 1.29 is 13.2 Å². The van der Waals surface area contributed by atoms with Crippen LogP contribution in [0.3, 0.4) is 0 Å². The number of hydrogen-bond donors (Lipinski definition) is 0. The number of rotatable bonds is 2. The third-order valence-electron chi connectivity index (χ3n) is 7.91. The van der Waals surface area contributed by atoms with Gasteiger partial charge in [-0.1, -0.05) is 24.0 Å². The van der Waals surface area contributed by atoms with Crippen molar-refractivity contribution in [3.8, 4) is 11.8 Å². The van der Waals surface area contributed by atoms with Gasteiger partial charge in [-0.05, 0) is 55.6 Å². The van der Waals surface area contributed by atoms with Crippen LogP contribution in [0.2, 0.25) is 0 Å². The van der Waals surface area contributed by atoms with Gasteiger partial charge in [-0.2, -0.15) is 22.9 Å². The number of likely N-dealkylation sites (N-methyl/N-ethyl adjacent to an activating group) is 1. The number of aryl methyl sites for hydroxylation is 1. The second kappa shape index (κ2) is 10.9. The lowest BCUT2D eigenvalue weighted by Crippen LogP contribution is -2.44. The molecule has 6 rings (SSSR count). The number of benzene rings is 1. The molecule has 0 radical (unpaired) electrons. The molecule has 1 aromatic carbocycles. The summed E-state index contributed by atoms with van der Waals surface area (Å²) in [5.74, 6) is 7.72. The van der Waals surface area contributed by atoms with Gasteiger partial charge in [0.15, 0.2) is 5.82 Å². The summed E-state index contributed by atoms with van der Waals surface area (Å²) in [7, 11) is 2.14. The van der Waals surface area contributed by atoms with E-state index >= 15 is 0 Å². The molecule has 0 N–H and O–H groups in total. The quantitative estimate of drug-likeness (QED) is 0.454. The Morgan fingerprint density at radius 2 is 1.50 bits per heavy atom. The largest absolute Gasteiger partial charge is 0.453 e. The summed E-state index contributed by atoms with van der Waals surface area (Å²) in [6, 6.07) is 12.5.